The van der Waals surface area contributed by atoms with Crippen LogP contribution in [0.25, 0.3) is 0 Å². The van der Waals surface area contributed by atoms with Gasteiger partial charge in [-0.25, -0.2) is 0 Å². The number of benzene rings is 1. The third-order valence-corrected chi connectivity index (χ3v) is 5.40. The predicted octanol–water partition coefficient (Wildman–Crippen LogP) is 3.28. The van der Waals surface area contributed by atoms with Gasteiger partial charge in [0.1, 0.15) is 0 Å². The van der Waals surface area contributed by atoms with E-state index < -0.39 is 0 Å². The van der Waals surface area contributed by atoms with Gasteiger partial charge in [0.15, 0.2) is 0 Å². The van der Waals surface area contributed by atoms with Crippen LogP contribution in [0.2, 0.25) is 0 Å². The molecule has 23 heavy (non-hydrogen) atoms. The van der Waals surface area contributed by atoms with E-state index in [2.05, 4.69) is 27.0 Å². The minimum atomic E-state index is -0.371. The second-order valence-corrected chi connectivity index (χ2v) is 7.21. The highest BCUT2D eigenvalue weighted by Gasteiger charge is 2.21. The number of hydrogen-bond donors (Lipinski definition) is 2. The van der Waals surface area contributed by atoms with Crippen molar-refractivity contribution in [2.75, 3.05) is 26.2 Å². The molecule has 0 spiro atoms. The number of aliphatic hydroxyl groups is 1. The zero-order chi connectivity index (χ0) is 15.9. The summed E-state index contributed by atoms with van der Waals surface area (Å²) in [5.74, 6) is 0.763. The Hall–Kier alpha value is -1.20. The summed E-state index contributed by atoms with van der Waals surface area (Å²) in [6.07, 6.45) is 2.07. The molecule has 0 aliphatic carbocycles. The van der Waals surface area contributed by atoms with Crippen LogP contribution in [0.15, 0.2) is 47.2 Å². The van der Waals surface area contributed by atoms with Crippen LogP contribution in [0.1, 0.15) is 30.1 Å². The van der Waals surface area contributed by atoms with Gasteiger partial charge >= 0.3 is 0 Å². The van der Waals surface area contributed by atoms with E-state index in [-0.39, 0.29) is 6.10 Å². The fourth-order valence-electron chi connectivity index (χ4n) is 3.21. The van der Waals surface area contributed by atoms with Gasteiger partial charge in [0.05, 0.1) is 6.10 Å². The summed E-state index contributed by atoms with van der Waals surface area (Å²) in [5.41, 5.74) is 2.41. The van der Waals surface area contributed by atoms with Crippen LogP contribution in [0.3, 0.4) is 0 Å². The van der Waals surface area contributed by atoms with Gasteiger partial charge in [-0.1, -0.05) is 30.3 Å². The van der Waals surface area contributed by atoms with Crippen LogP contribution in [0.5, 0.6) is 0 Å². The second-order valence-electron chi connectivity index (χ2n) is 6.43. The van der Waals surface area contributed by atoms with E-state index in [1.165, 1.54) is 18.4 Å². The fourth-order valence-corrected chi connectivity index (χ4v) is 3.88. The van der Waals surface area contributed by atoms with Gasteiger partial charge in [0.2, 0.25) is 0 Å². The first-order valence-electron chi connectivity index (χ1n) is 8.48. The molecule has 3 rings (SSSR count). The number of rotatable bonds is 7. The van der Waals surface area contributed by atoms with Gasteiger partial charge in [0.25, 0.3) is 0 Å². The van der Waals surface area contributed by atoms with Gasteiger partial charge < -0.3 is 15.3 Å². The molecule has 2 N–H and O–H groups in total. The molecule has 2 heterocycles. The van der Waals surface area contributed by atoms with Crippen LogP contribution in [-0.2, 0) is 6.54 Å². The van der Waals surface area contributed by atoms with Crippen molar-refractivity contribution >= 4 is 11.3 Å². The van der Waals surface area contributed by atoms with Gasteiger partial charge in [-0.15, -0.1) is 0 Å². The number of piperidine rings is 1. The van der Waals surface area contributed by atoms with Crippen molar-refractivity contribution in [1.29, 1.82) is 0 Å². The molecule has 1 aliphatic rings. The molecule has 1 saturated heterocycles. The molecule has 0 bridgehead atoms. The molecule has 0 radical (unpaired) electrons. The molecule has 2 aromatic rings. The Morgan fingerprint density at radius 2 is 1.96 bits per heavy atom. The summed E-state index contributed by atoms with van der Waals surface area (Å²) < 4.78 is 0. The maximum Gasteiger partial charge on any atom is 0.0916 e. The first-order valence-corrected chi connectivity index (χ1v) is 9.42. The Morgan fingerprint density at radius 3 is 2.65 bits per heavy atom. The monoisotopic (exact) mass is 330 g/mol. The quantitative estimate of drug-likeness (QED) is 0.818. The first-order chi connectivity index (χ1) is 11.3. The lowest BCUT2D eigenvalue weighted by Crippen LogP contribution is -2.39. The number of β-amino-alcohol motifs (C(OH)–C–C–N with tert-alkyl or cyclic N) is 1. The molecular weight excluding hydrogens is 304 g/mol. The van der Waals surface area contributed by atoms with Gasteiger partial charge in [-0.3, -0.25) is 0 Å². The Balaban J connectivity index is 1.35. The zero-order valence-corrected chi connectivity index (χ0v) is 14.3. The summed E-state index contributed by atoms with van der Waals surface area (Å²) in [5, 5.41) is 18.3. The average Bonchev–Trinajstić information content (AvgIpc) is 3.11. The molecule has 0 saturated carbocycles. The summed E-state index contributed by atoms with van der Waals surface area (Å²) in [7, 11) is 0. The number of thiophene rings is 1. The Labute approximate surface area is 143 Å². The Morgan fingerprint density at radius 1 is 1.17 bits per heavy atom. The van der Waals surface area contributed by atoms with E-state index in [0.717, 1.165) is 44.2 Å². The standard InChI is InChI=1S/C19H26N2OS/c22-19(18-4-2-1-3-5-18)14-21-9-6-16(7-10-21)12-20-13-17-8-11-23-15-17/h1-5,8,11,15-16,19-20,22H,6-7,9-10,12-14H2/t19-/m0/s1. The van der Waals surface area contributed by atoms with Crippen LogP contribution < -0.4 is 5.32 Å². The first kappa shape index (κ1) is 16.7. The van der Waals surface area contributed by atoms with Crippen molar-refractivity contribution in [2.45, 2.75) is 25.5 Å². The summed E-state index contributed by atoms with van der Waals surface area (Å²) >= 11 is 1.76. The normalized spacial score (nSPS) is 18.1. The predicted molar refractivity (Wildman–Crippen MR) is 96.6 cm³/mol. The molecule has 1 aliphatic heterocycles. The van der Waals surface area contributed by atoms with Crippen molar-refractivity contribution in [3.63, 3.8) is 0 Å². The number of nitrogens with one attached hydrogen (secondary N) is 1. The Kier molecular flexibility index (Phi) is 6.22. The van der Waals surface area contributed by atoms with Gasteiger partial charge in [-0.2, -0.15) is 11.3 Å². The molecular formula is C19H26N2OS. The molecule has 124 valence electrons. The number of nitrogens with zero attached hydrogens (tertiary/aromatic N) is 1. The van der Waals surface area contributed by atoms with Crippen LogP contribution in [-0.4, -0.2) is 36.2 Å². The minimum absolute atomic E-state index is 0.371. The van der Waals surface area contributed by atoms with E-state index in [4.69, 9.17) is 0 Å². The van der Waals surface area contributed by atoms with Gasteiger partial charge in [0, 0.05) is 13.1 Å². The van der Waals surface area contributed by atoms with E-state index in [0.29, 0.717) is 0 Å². The molecule has 4 heteroatoms. The molecule has 0 unspecified atom stereocenters. The zero-order valence-electron chi connectivity index (χ0n) is 13.5. The van der Waals surface area contributed by atoms with Gasteiger partial charge in [-0.05, 0) is 66.3 Å². The summed E-state index contributed by atoms with van der Waals surface area (Å²) in [4.78, 5) is 2.40. The van der Waals surface area contributed by atoms with Crippen LogP contribution >= 0.6 is 11.3 Å². The van der Waals surface area contributed by atoms with Crippen molar-refractivity contribution in [3.8, 4) is 0 Å². The van der Waals surface area contributed by atoms with Crippen molar-refractivity contribution < 1.29 is 5.11 Å². The lowest BCUT2D eigenvalue weighted by atomic mass is 9.96. The molecule has 1 fully saturated rings. The fraction of sp³-hybridized carbons (Fsp3) is 0.474. The van der Waals surface area contributed by atoms with E-state index in [1.807, 2.05) is 30.3 Å². The minimum Gasteiger partial charge on any atom is -0.387 e. The third-order valence-electron chi connectivity index (χ3n) is 4.66. The summed E-state index contributed by atoms with van der Waals surface area (Å²) in [6, 6.07) is 12.2. The van der Waals surface area contributed by atoms with Crippen molar-refractivity contribution in [1.82, 2.24) is 10.2 Å². The highest BCUT2D eigenvalue weighted by atomic mass is 32.1. The molecule has 1 aromatic heterocycles. The maximum absolute atomic E-state index is 10.3. The van der Waals surface area contributed by atoms with Crippen LogP contribution in [0.4, 0.5) is 0 Å². The third kappa shape index (κ3) is 5.15. The number of hydrogen-bond acceptors (Lipinski definition) is 4. The van der Waals surface area contributed by atoms with Crippen LogP contribution in [0, 0.1) is 5.92 Å². The summed E-state index contributed by atoms with van der Waals surface area (Å²) in [6.45, 7) is 5.02. The average molecular weight is 330 g/mol. The molecule has 1 atom stereocenters. The topological polar surface area (TPSA) is 35.5 Å². The largest absolute Gasteiger partial charge is 0.387 e. The SMILES string of the molecule is O[C@@H](CN1CCC(CNCc2ccsc2)CC1)c1ccccc1. The lowest BCUT2D eigenvalue weighted by Gasteiger charge is -2.33. The van der Waals surface area contributed by atoms with E-state index in [9.17, 15) is 5.11 Å². The second kappa shape index (κ2) is 8.60. The van der Waals surface area contributed by atoms with E-state index in [1.54, 1.807) is 11.3 Å². The lowest BCUT2D eigenvalue weighted by molar-refractivity contribution is 0.0891. The smallest absolute Gasteiger partial charge is 0.0916 e. The molecule has 1 aromatic carbocycles. The maximum atomic E-state index is 10.3. The molecule has 3 nitrogen and oxygen atoms in total. The number of aliphatic hydroxyl groups excluding tert-OH is 1. The molecule has 0 amide bonds. The van der Waals surface area contributed by atoms with E-state index >= 15 is 0 Å². The Bertz CT molecular complexity index is 550. The number of likely N-dealkylation sites (tertiary alicyclic amines) is 1. The highest BCUT2D eigenvalue weighted by Crippen LogP contribution is 2.20. The highest BCUT2D eigenvalue weighted by molar-refractivity contribution is 7.07. The van der Waals surface area contributed by atoms with Crippen molar-refractivity contribution in [2.24, 2.45) is 5.92 Å². The van der Waals surface area contributed by atoms with Crippen molar-refractivity contribution in [3.05, 3.63) is 58.3 Å².